The monoisotopic (exact) mass is 492 g/mol. The number of sulfone groups is 1. The Morgan fingerprint density at radius 3 is 2.70 bits per heavy atom. The van der Waals surface area contributed by atoms with E-state index in [1.165, 1.54) is 16.7 Å². The van der Waals surface area contributed by atoms with Crippen molar-refractivity contribution in [2.24, 2.45) is 17.3 Å². The molecule has 3 nitrogen and oxygen atoms in total. The number of fused-ring (bicyclic) bond motifs is 1. The molecule has 4 atom stereocenters. The van der Waals surface area contributed by atoms with E-state index in [9.17, 15) is 13.5 Å². The molecule has 0 bridgehead atoms. The smallest absolute Gasteiger partial charge is 0.193 e. The topological polar surface area (TPSA) is 54.4 Å². The molecule has 0 saturated heterocycles. The van der Waals surface area contributed by atoms with Crippen LogP contribution in [0.4, 0.5) is 0 Å². The van der Waals surface area contributed by atoms with Crippen molar-refractivity contribution in [3.63, 3.8) is 0 Å². The Bertz CT molecular complexity index is 1010. The minimum atomic E-state index is -3.50. The van der Waals surface area contributed by atoms with E-state index in [1.807, 2.05) is 0 Å². The molecular weight excluding hydrogens is 452 g/mol. The number of aliphatic hydroxyl groups excluding tert-OH is 1. The van der Waals surface area contributed by atoms with Crippen molar-refractivity contribution in [3.05, 3.63) is 57.5 Å². The van der Waals surface area contributed by atoms with E-state index < -0.39 is 14.6 Å². The maximum atomic E-state index is 12.6. The lowest BCUT2D eigenvalue weighted by atomic mass is 9.62. The first-order chi connectivity index (χ1) is 15.3. The Morgan fingerprint density at radius 2 is 2.03 bits per heavy atom. The number of aliphatic hydroxyl groups is 1. The van der Waals surface area contributed by atoms with Crippen LogP contribution in [0.3, 0.4) is 0 Å². The number of hydrogen-bond donors (Lipinski definition) is 1. The lowest BCUT2D eigenvalue weighted by Gasteiger charge is -2.42. The molecule has 1 N–H and O–H groups in total. The van der Waals surface area contributed by atoms with Crippen molar-refractivity contribution in [2.45, 2.75) is 96.8 Å². The first-order valence-electron chi connectivity index (χ1n) is 12.3. The Balaban J connectivity index is 1.76. The number of allylic oxidation sites excluding steroid dienone is 7. The van der Waals surface area contributed by atoms with E-state index in [0.717, 1.165) is 44.1 Å². The third-order valence-electron chi connectivity index (χ3n) is 8.02. The van der Waals surface area contributed by atoms with Crippen LogP contribution in [0.5, 0.6) is 0 Å². The van der Waals surface area contributed by atoms with Gasteiger partial charge in [-0.2, -0.15) is 0 Å². The lowest BCUT2D eigenvalue weighted by Crippen LogP contribution is -2.32. The standard InChI is InChI=1S/C28H41ClO3S/c1-19-9-13-23(30)18-22(19)12-11-21-8-7-17-28(6)24(14-15-25(21)28)20(2)10-16-26(29)33(31,32)27(3,4)5/h11-12,14,16,20,23,25,30H,1,7-10,13,15,17-18H2,2-6H3/b21-11+,22-12-,26-16+. The quantitative estimate of drug-likeness (QED) is 0.407. The molecular formula is C28H41ClO3S. The van der Waals surface area contributed by atoms with Gasteiger partial charge in [-0.05, 0) is 95.0 Å². The summed E-state index contributed by atoms with van der Waals surface area (Å²) < 4.78 is 24.3. The van der Waals surface area contributed by atoms with Crippen molar-refractivity contribution in [1.29, 1.82) is 0 Å². The molecule has 0 aromatic rings. The third-order valence-corrected chi connectivity index (χ3v) is 11.1. The zero-order valence-electron chi connectivity index (χ0n) is 21.0. The van der Waals surface area contributed by atoms with Crippen LogP contribution in [0.1, 0.15) is 86.0 Å². The predicted octanol–water partition coefficient (Wildman–Crippen LogP) is 7.40. The minimum Gasteiger partial charge on any atom is -0.393 e. The molecule has 0 aromatic heterocycles. The summed E-state index contributed by atoms with van der Waals surface area (Å²) in [7, 11) is -3.50. The second-order valence-electron chi connectivity index (χ2n) is 11.4. The van der Waals surface area contributed by atoms with Crippen molar-refractivity contribution < 1.29 is 13.5 Å². The van der Waals surface area contributed by atoms with E-state index in [2.05, 4.69) is 38.7 Å². The van der Waals surface area contributed by atoms with Gasteiger partial charge < -0.3 is 5.11 Å². The van der Waals surface area contributed by atoms with Gasteiger partial charge in [0.25, 0.3) is 0 Å². The normalized spacial score (nSPS) is 32.8. The highest BCUT2D eigenvalue weighted by Crippen LogP contribution is 2.57. The van der Waals surface area contributed by atoms with E-state index >= 15 is 0 Å². The summed E-state index contributed by atoms with van der Waals surface area (Å²) in [5, 5.41) is 10.0. The highest BCUT2D eigenvalue weighted by atomic mass is 35.5. The van der Waals surface area contributed by atoms with E-state index in [-0.39, 0.29) is 21.8 Å². The molecule has 33 heavy (non-hydrogen) atoms. The predicted molar refractivity (Wildman–Crippen MR) is 140 cm³/mol. The van der Waals surface area contributed by atoms with Crippen LogP contribution in [0.2, 0.25) is 0 Å². The van der Waals surface area contributed by atoms with E-state index in [1.54, 1.807) is 26.8 Å². The fourth-order valence-electron chi connectivity index (χ4n) is 5.81. The van der Waals surface area contributed by atoms with Crippen LogP contribution in [-0.2, 0) is 9.84 Å². The van der Waals surface area contributed by atoms with Gasteiger partial charge in [0, 0.05) is 0 Å². The van der Waals surface area contributed by atoms with Gasteiger partial charge in [-0.25, -0.2) is 8.42 Å². The summed E-state index contributed by atoms with van der Waals surface area (Å²) >= 11 is 6.25. The van der Waals surface area contributed by atoms with Gasteiger partial charge in [-0.1, -0.05) is 73.1 Å². The summed E-state index contributed by atoms with van der Waals surface area (Å²) in [6.07, 6.45) is 15.8. The van der Waals surface area contributed by atoms with Gasteiger partial charge in [0.05, 0.1) is 10.9 Å². The van der Waals surface area contributed by atoms with E-state index in [0.29, 0.717) is 18.8 Å². The molecule has 0 amide bonds. The molecule has 4 unspecified atom stereocenters. The van der Waals surface area contributed by atoms with Crippen molar-refractivity contribution in [2.75, 3.05) is 0 Å². The second-order valence-corrected chi connectivity index (χ2v) is 14.7. The molecule has 2 saturated carbocycles. The zero-order chi connectivity index (χ0) is 24.6. The van der Waals surface area contributed by atoms with Crippen LogP contribution >= 0.6 is 11.6 Å². The van der Waals surface area contributed by atoms with Gasteiger partial charge in [0.15, 0.2) is 9.84 Å². The fourth-order valence-corrected chi connectivity index (χ4v) is 7.49. The van der Waals surface area contributed by atoms with Crippen LogP contribution in [0, 0.1) is 17.3 Å². The van der Waals surface area contributed by atoms with Gasteiger partial charge in [-0.15, -0.1) is 0 Å². The molecule has 3 aliphatic rings. The third kappa shape index (κ3) is 5.44. The Morgan fingerprint density at radius 1 is 1.33 bits per heavy atom. The van der Waals surface area contributed by atoms with Crippen molar-refractivity contribution in [1.82, 2.24) is 0 Å². The summed E-state index contributed by atoms with van der Waals surface area (Å²) in [6.45, 7) is 13.8. The Kier molecular flexibility index (Phi) is 7.93. The highest BCUT2D eigenvalue weighted by molar-refractivity contribution is 7.98. The van der Waals surface area contributed by atoms with Gasteiger partial charge >= 0.3 is 0 Å². The number of hydrogen-bond acceptors (Lipinski definition) is 3. The molecule has 0 radical (unpaired) electrons. The maximum Gasteiger partial charge on any atom is 0.193 e. The number of halogens is 1. The molecule has 2 fully saturated rings. The summed E-state index contributed by atoms with van der Waals surface area (Å²) in [5.41, 5.74) is 5.38. The van der Waals surface area contributed by atoms with Crippen molar-refractivity contribution in [3.8, 4) is 0 Å². The molecule has 3 aliphatic carbocycles. The van der Waals surface area contributed by atoms with Crippen molar-refractivity contribution >= 4 is 21.4 Å². The molecule has 3 rings (SSSR count). The zero-order valence-corrected chi connectivity index (χ0v) is 22.5. The molecule has 0 heterocycles. The van der Waals surface area contributed by atoms with Gasteiger partial charge in [-0.3, -0.25) is 0 Å². The largest absolute Gasteiger partial charge is 0.393 e. The summed E-state index contributed by atoms with van der Waals surface area (Å²) in [6, 6.07) is 0. The Hall–Kier alpha value is -1.10. The molecule has 5 heteroatoms. The van der Waals surface area contributed by atoms with Gasteiger partial charge in [0.2, 0.25) is 0 Å². The summed E-state index contributed by atoms with van der Waals surface area (Å²) in [5.74, 6) is 0.731. The maximum absolute atomic E-state index is 12.6. The SMILES string of the molecule is C=C1CCC(O)C/C1=C/C=C1\CCCC2(C)C(C(C)C/C=C(\Cl)S(=O)(=O)C(C)(C)C)=CCC12. The molecule has 0 aliphatic heterocycles. The number of rotatable bonds is 5. The second kappa shape index (κ2) is 9.87. The first-order valence-corrected chi connectivity index (χ1v) is 14.2. The molecule has 184 valence electrons. The van der Waals surface area contributed by atoms with Crippen LogP contribution in [-0.4, -0.2) is 24.4 Å². The first kappa shape index (κ1) is 26.5. The minimum absolute atomic E-state index is 0.0343. The van der Waals surface area contributed by atoms with Crippen LogP contribution < -0.4 is 0 Å². The average Bonchev–Trinajstić information content (AvgIpc) is 3.09. The average molecular weight is 493 g/mol. The van der Waals surface area contributed by atoms with Crippen LogP contribution in [0.25, 0.3) is 0 Å². The lowest BCUT2D eigenvalue weighted by molar-refractivity contribution is 0.158. The van der Waals surface area contributed by atoms with Crippen LogP contribution in [0.15, 0.2) is 57.5 Å². The molecule has 0 spiro atoms. The highest BCUT2D eigenvalue weighted by Gasteiger charge is 2.46. The molecule has 0 aromatic carbocycles. The van der Waals surface area contributed by atoms with E-state index in [4.69, 9.17) is 11.6 Å². The Labute approximate surface area is 206 Å². The fraction of sp³-hybridized carbons (Fsp3) is 0.643. The summed E-state index contributed by atoms with van der Waals surface area (Å²) in [4.78, 5) is 0. The van der Waals surface area contributed by atoms with Gasteiger partial charge in [0.1, 0.15) is 4.36 Å².